The van der Waals surface area contributed by atoms with E-state index in [1.807, 2.05) is 12.1 Å². The van der Waals surface area contributed by atoms with Crippen molar-refractivity contribution in [2.75, 3.05) is 19.5 Å². The molecule has 0 radical (unpaired) electrons. The second-order valence-corrected chi connectivity index (χ2v) is 4.27. The topological polar surface area (TPSA) is 94.7 Å². The number of carbonyl (C=O) groups is 1. The van der Waals surface area contributed by atoms with E-state index >= 15 is 0 Å². The molecule has 0 saturated carbocycles. The number of hydrogen-bond donors (Lipinski definition) is 2. The van der Waals surface area contributed by atoms with Crippen molar-refractivity contribution in [1.29, 1.82) is 0 Å². The van der Waals surface area contributed by atoms with Crippen molar-refractivity contribution in [3.05, 3.63) is 47.7 Å². The molecule has 21 heavy (non-hydrogen) atoms. The zero-order valence-corrected chi connectivity index (χ0v) is 11.6. The van der Waals surface area contributed by atoms with Crippen LogP contribution in [0.3, 0.4) is 0 Å². The fraction of sp³-hybridized carbons (Fsp3) is 0.200. The van der Waals surface area contributed by atoms with Crippen molar-refractivity contribution >= 4 is 11.7 Å². The minimum absolute atomic E-state index is 0.00544. The Bertz CT molecular complexity index is 643. The molecule has 6 nitrogen and oxygen atoms in total. The zero-order chi connectivity index (χ0) is 15.2. The molecule has 0 aliphatic carbocycles. The van der Waals surface area contributed by atoms with Crippen LogP contribution in [-0.2, 0) is 11.2 Å². The molecule has 0 fully saturated rings. The third kappa shape index (κ3) is 3.49. The molecule has 0 bridgehead atoms. The second kappa shape index (κ2) is 6.71. The molecule has 6 heteroatoms. The van der Waals surface area contributed by atoms with E-state index in [4.69, 9.17) is 15.6 Å². The van der Waals surface area contributed by atoms with Gasteiger partial charge in [-0.1, -0.05) is 18.2 Å². The van der Waals surface area contributed by atoms with Gasteiger partial charge >= 0.3 is 5.97 Å². The summed E-state index contributed by atoms with van der Waals surface area (Å²) in [5.41, 5.74) is 7.06. The second-order valence-electron chi connectivity index (χ2n) is 4.27. The number of benzene rings is 1. The first-order chi connectivity index (χ1) is 10.2. The number of pyridine rings is 1. The van der Waals surface area contributed by atoms with E-state index < -0.39 is 5.97 Å². The maximum Gasteiger partial charge on any atom is 0.356 e. The molecule has 1 aromatic heterocycles. The number of anilines is 1. The van der Waals surface area contributed by atoms with Gasteiger partial charge in [0.25, 0.3) is 0 Å². The van der Waals surface area contributed by atoms with Gasteiger partial charge in [-0.3, -0.25) is 0 Å². The fourth-order valence-electron chi connectivity index (χ4n) is 1.79. The van der Waals surface area contributed by atoms with E-state index in [0.717, 1.165) is 5.56 Å². The number of nitrogen functional groups attached to an aromatic ring is 1. The molecular weight excluding hydrogens is 272 g/mol. The number of nitrogens with zero attached hydrogens (tertiary/aromatic N) is 1. The molecule has 2 rings (SSSR count). The number of rotatable bonds is 5. The number of aliphatic hydroxyl groups excluding tert-OH is 1. The van der Waals surface area contributed by atoms with E-state index in [1.165, 1.54) is 19.2 Å². The molecule has 0 aliphatic heterocycles. The van der Waals surface area contributed by atoms with Crippen molar-refractivity contribution in [2.45, 2.75) is 6.42 Å². The van der Waals surface area contributed by atoms with Gasteiger partial charge in [-0.2, -0.15) is 0 Å². The van der Waals surface area contributed by atoms with Gasteiger partial charge in [0.05, 0.1) is 12.8 Å². The summed E-state index contributed by atoms with van der Waals surface area (Å²) < 4.78 is 10.3. The number of hydrogen-bond acceptors (Lipinski definition) is 6. The quantitative estimate of drug-likeness (QED) is 0.814. The van der Waals surface area contributed by atoms with Crippen LogP contribution >= 0.6 is 0 Å². The maximum atomic E-state index is 11.5. The summed E-state index contributed by atoms with van der Waals surface area (Å²) >= 11 is 0. The molecule has 3 N–H and O–H groups in total. The number of nitrogens with two attached hydrogens (primary N) is 1. The molecular formula is C15H16N2O4. The number of para-hydroxylation sites is 1. The molecule has 0 aliphatic rings. The van der Waals surface area contributed by atoms with Gasteiger partial charge < -0.3 is 20.3 Å². The van der Waals surface area contributed by atoms with Crippen LogP contribution in [0, 0.1) is 0 Å². The number of aromatic nitrogens is 1. The Kier molecular flexibility index (Phi) is 4.73. The molecule has 1 heterocycles. The van der Waals surface area contributed by atoms with Gasteiger partial charge in [0.15, 0.2) is 5.69 Å². The molecule has 0 atom stereocenters. The summed E-state index contributed by atoms with van der Waals surface area (Å²) in [6, 6.07) is 10.2. The first-order valence-corrected chi connectivity index (χ1v) is 6.37. The molecule has 0 amide bonds. The Labute approximate surface area is 122 Å². The third-order valence-electron chi connectivity index (χ3n) is 2.84. The van der Waals surface area contributed by atoms with Crippen LogP contribution in [0.5, 0.6) is 11.6 Å². The van der Waals surface area contributed by atoms with Gasteiger partial charge in [-0.25, -0.2) is 9.78 Å². The van der Waals surface area contributed by atoms with Crippen LogP contribution in [-0.4, -0.2) is 29.8 Å². The lowest BCUT2D eigenvalue weighted by Gasteiger charge is -2.11. The first-order valence-electron chi connectivity index (χ1n) is 6.37. The predicted molar refractivity (Wildman–Crippen MR) is 77.3 cm³/mol. The summed E-state index contributed by atoms with van der Waals surface area (Å²) in [5, 5.41) is 9.06. The first kappa shape index (κ1) is 14.8. The number of esters is 1. The van der Waals surface area contributed by atoms with Gasteiger partial charge in [0.2, 0.25) is 5.88 Å². The lowest BCUT2D eigenvalue weighted by atomic mass is 10.1. The Morgan fingerprint density at radius 1 is 1.29 bits per heavy atom. The van der Waals surface area contributed by atoms with Crippen molar-refractivity contribution in [1.82, 2.24) is 4.98 Å². The van der Waals surface area contributed by atoms with Crippen LogP contribution in [0.25, 0.3) is 0 Å². The van der Waals surface area contributed by atoms with E-state index in [-0.39, 0.29) is 18.2 Å². The van der Waals surface area contributed by atoms with Crippen molar-refractivity contribution in [3.8, 4) is 11.6 Å². The summed E-state index contributed by atoms with van der Waals surface area (Å²) in [4.78, 5) is 15.5. The average Bonchev–Trinajstić information content (AvgIpc) is 2.51. The summed E-state index contributed by atoms with van der Waals surface area (Å²) in [7, 11) is 1.28. The smallest absolute Gasteiger partial charge is 0.356 e. The number of carbonyl (C=O) groups excluding carboxylic acids is 1. The molecule has 2 aromatic rings. The SMILES string of the molecule is COC(=O)c1ccc(N)c(Oc2ccccc2CCO)n1. The van der Waals surface area contributed by atoms with Gasteiger partial charge in [0.1, 0.15) is 5.75 Å². The Morgan fingerprint density at radius 3 is 2.76 bits per heavy atom. The lowest BCUT2D eigenvalue weighted by molar-refractivity contribution is 0.0593. The predicted octanol–water partition coefficient (Wildman–Crippen LogP) is 1.78. The van der Waals surface area contributed by atoms with Crippen molar-refractivity contribution in [3.63, 3.8) is 0 Å². The zero-order valence-electron chi connectivity index (χ0n) is 11.6. The highest BCUT2D eigenvalue weighted by molar-refractivity contribution is 5.87. The highest BCUT2D eigenvalue weighted by Crippen LogP contribution is 2.28. The Hall–Kier alpha value is -2.60. The minimum Gasteiger partial charge on any atom is -0.464 e. The maximum absolute atomic E-state index is 11.5. The summed E-state index contributed by atoms with van der Waals surface area (Å²) in [5.74, 6) is 0.0968. The van der Waals surface area contributed by atoms with Crippen molar-refractivity contribution < 1.29 is 19.4 Å². The molecule has 0 unspecified atom stereocenters. The lowest BCUT2D eigenvalue weighted by Crippen LogP contribution is -2.07. The molecule has 1 aromatic carbocycles. The monoisotopic (exact) mass is 288 g/mol. The van der Waals surface area contributed by atoms with E-state index in [2.05, 4.69) is 9.72 Å². The summed E-state index contributed by atoms with van der Waals surface area (Å²) in [6.45, 7) is 0.00544. The average molecular weight is 288 g/mol. The fourth-order valence-corrected chi connectivity index (χ4v) is 1.79. The van der Waals surface area contributed by atoms with Crippen LogP contribution < -0.4 is 10.5 Å². The van der Waals surface area contributed by atoms with Crippen LogP contribution in [0.15, 0.2) is 36.4 Å². The van der Waals surface area contributed by atoms with Gasteiger partial charge in [0, 0.05) is 6.61 Å². The minimum atomic E-state index is -0.566. The highest BCUT2D eigenvalue weighted by Gasteiger charge is 2.13. The Morgan fingerprint density at radius 2 is 2.05 bits per heavy atom. The third-order valence-corrected chi connectivity index (χ3v) is 2.84. The highest BCUT2D eigenvalue weighted by atomic mass is 16.5. The summed E-state index contributed by atoms with van der Waals surface area (Å²) in [6.07, 6.45) is 0.451. The standard InChI is InChI=1S/C15H16N2O4/c1-20-15(19)12-7-6-11(16)14(17-12)21-13-5-3-2-4-10(13)8-9-18/h2-7,18H,8-9,16H2,1H3. The normalized spacial score (nSPS) is 10.2. The van der Waals surface area contributed by atoms with Gasteiger partial charge in [-0.15, -0.1) is 0 Å². The van der Waals surface area contributed by atoms with Crippen LogP contribution in [0.1, 0.15) is 16.1 Å². The number of ether oxygens (including phenoxy) is 2. The molecule has 0 saturated heterocycles. The Balaban J connectivity index is 2.33. The van der Waals surface area contributed by atoms with E-state index in [9.17, 15) is 4.79 Å². The molecule has 110 valence electrons. The largest absolute Gasteiger partial charge is 0.464 e. The number of methoxy groups -OCH3 is 1. The van der Waals surface area contributed by atoms with Crippen molar-refractivity contribution in [2.24, 2.45) is 0 Å². The number of aliphatic hydroxyl groups is 1. The molecule has 0 spiro atoms. The van der Waals surface area contributed by atoms with E-state index in [1.54, 1.807) is 12.1 Å². The van der Waals surface area contributed by atoms with Gasteiger partial charge in [-0.05, 0) is 30.2 Å². The van der Waals surface area contributed by atoms with Crippen LogP contribution in [0.2, 0.25) is 0 Å². The van der Waals surface area contributed by atoms with Crippen LogP contribution in [0.4, 0.5) is 5.69 Å². The van der Waals surface area contributed by atoms with E-state index in [0.29, 0.717) is 17.9 Å².